The van der Waals surface area contributed by atoms with Gasteiger partial charge < -0.3 is 23.8 Å². The third-order valence-corrected chi connectivity index (χ3v) is 9.95. The number of carboxylic acid groups (broad SMARTS) is 1. The fraction of sp³-hybridized carbons (Fsp3) is 0.700. The number of unbranched alkanes of at least 4 members (excludes halogenated alkanes) is 17. The number of aliphatic carboxylic acids is 1. The Morgan fingerprint density at radius 3 is 1.55 bits per heavy atom. The molecular weight excluding hydrogens is 727 g/mol. The maximum absolute atomic E-state index is 12.7. The Morgan fingerprint density at radius 2 is 1.00 bits per heavy atom. The summed E-state index contributed by atoms with van der Waals surface area (Å²) in [4.78, 5) is 37.0. The highest BCUT2D eigenvalue weighted by Crippen LogP contribution is 2.15. The van der Waals surface area contributed by atoms with Crippen molar-refractivity contribution in [1.82, 2.24) is 0 Å². The van der Waals surface area contributed by atoms with E-state index in [1.807, 2.05) is 57.6 Å². The van der Waals surface area contributed by atoms with E-state index in [9.17, 15) is 19.5 Å². The molecule has 0 aliphatic carbocycles. The number of hydrogen-bond donors (Lipinski definition) is 1. The van der Waals surface area contributed by atoms with Crippen molar-refractivity contribution in [3.05, 3.63) is 72.9 Å². The van der Waals surface area contributed by atoms with Crippen molar-refractivity contribution >= 4 is 17.9 Å². The van der Waals surface area contributed by atoms with Gasteiger partial charge in [0.05, 0.1) is 34.4 Å². The molecule has 1 N–H and O–H groups in total. The number of nitrogens with zero attached hydrogens (tertiary/aromatic N) is 1. The summed E-state index contributed by atoms with van der Waals surface area (Å²) in [5.41, 5.74) is 0. The topological polar surface area (TPSA) is 99.1 Å². The molecular formula is C50H86NO7+. The lowest BCUT2D eigenvalue weighted by Crippen LogP contribution is -2.50. The predicted molar refractivity (Wildman–Crippen MR) is 243 cm³/mol. The second-order valence-corrected chi connectivity index (χ2v) is 16.3. The van der Waals surface area contributed by atoms with Gasteiger partial charge in [0.15, 0.2) is 12.1 Å². The Morgan fingerprint density at radius 1 is 0.534 bits per heavy atom. The van der Waals surface area contributed by atoms with Crippen LogP contribution in [0.3, 0.4) is 0 Å². The van der Waals surface area contributed by atoms with Crippen molar-refractivity contribution in [3.63, 3.8) is 0 Å². The van der Waals surface area contributed by atoms with E-state index in [1.165, 1.54) is 77.0 Å². The Balaban J connectivity index is 4.28. The first-order valence-corrected chi connectivity index (χ1v) is 23.0. The maximum atomic E-state index is 12.7. The van der Waals surface area contributed by atoms with Crippen molar-refractivity contribution in [1.29, 1.82) is 0 Å². The first-order chi connectivity index (χ1) is 28.1. The lowest BCUT2D eigenvalue weighted by Gasteiger charge is -2.31. The summed E-state index contributed by atoms with van der Waals surface area (Å²) in [6, 6.07) is -0.624. The van der Waals surface area contributed by atoms with Crippen molar-refractivity contribution in [3.8, 4) is 0 Å². The summed E-state index contributed by atoms with van der Waals surface area (Å²) in [6.45, 7) is 4.45. The normalized spacial score (nSPS) is 13.6. The van der Waals surface area contributed by atoms with E-state index in [0.717, 1.165) is 57.8 Å². The summed E-state index contributed by atoms with van der Waals surface area (Å²) in [5, 5.41) is 9.62. The van der Waals surface area contributed by atoms with Crippen LogP contribution in [0.15, 0.2) is 72.9 Å². The molecule has 0 heterocycles. The number of ether oxygens (including phenoxy) is 3. The molecule has 0 aliphatic rings. The van der Waals surface area contributed by atoms with Gasteiger partial charge >= 0.3 is 17.9 Å². The molecule has 2 atom stereocenters. The molecule has 0 aromatic rings. The molecule has 0 saturated carbocycles. The minimum atomic E-state index is -0.884. The number of esters is 2. The molecule has 0 aliphatic heterocycles. The molecule has 0 spiro atoms. The summed E-state index contributed by atoms with van der Waals surface area (Å²) >= 11 is 0. The summed E-state index contributed by atoms with van der Waals surface area (Å²) in [7, 11) is 5.51. The second-order valence-electron chi connectivity index (χ2n) is 16.3. The van der Waals surface area contributed by atoms with Gasteiger partial charge in [-0.2, -0.15) is 0 Å². The second kappa shape index (κ2) is 40.5. The fourth-order valence-electron chi connectivity index (χ4n) is 6.43. The average Bonchev–Trinajstić information content (AvgIpc) is 3.18. The monoisotopic (exact) mass is 813 g/mol. The molecule has 8 nitrogen and oxygen atoms in total. The van der Waals surface area contributed by atoms with E-state index >= 15 is 0 Å². The van der Waals surface area contributed by atoms with Gasteiger partial charge in [-0.05, 0) is 57.8 Å². The van der Waals surface area contributed by atoms with Gasteiger partial charge in [-0.1, -0.05) is 170 Å². The number of rotatable bonds is 40. The number of likely N-dealkylation sites (N-methyl/N-ethyl adjacent to an activating group) is 1. The highest BCUT2D eigenvalue weighted by atomic mass is 16.6. The molecule has 0 saturated heterocycles. The van der Waals surface area contributed by atoms with Crippen LogP contribution in [0.2, 0.25) is 0 Å². The molecule has 0 bridgehead atoms. The van der Waals surface area contributed by atoms with Crippen LogP contribution >= 0.6 is 0 Å². The maximum Gasteiger partial charge on any atom is 0.362 e. The van der Waals surface area contributed by atoms with Gasteiger partial charge in [0.2, 0.25) is 0 Å². The van der Waals surface area contributed by atoms with Crippen LogP contribution in [0.4, 0.5) is 0 Å². The molecule has 0 amide bonds. The number of hydrogen-bond acceptors (Lipinski definition) is 6. The minimum absolute atomic E-state index is 0.0424. The molecule has 0 aromatic heterocycles. The van der Waals surface area contributed by atoms with E-state index < -0.39 is 18.1 Å². The summed E-state index contributed by atoms with van der Waals surface area (Å²) in [5.74, 6) is -1.52. The molecule has 332 valence electrons. The lowest BCUT2D eigenvalue weighted by molar-refractivity contribution is -0.887. The van der Waals surface area contributed by atoms with E-state index in [2.05, 4.69) is 50.3 Å². The third-order valence-electron chi connectivity index (χ3n) is 9.95. The van der Waals surface area contributed by atoms with Gasteiger partial charge in [-0.25, -0.2) is 4.79 Å². The zero-order valence-corrected chi connectivity index (χ0v) is 37.7. The van der Waals surface area contributed by atoms with Crippen LogP contribution in [0.25, 0.3) is 0 Å². The van der Waals surface area contributed by atoms with Gasteiger partial charge in [0, 0.05) is 19.3 Å². The Hall–Kier alpha value is -3.23. The largest absolute Gasteiger partial charge is 0.477 e. The van der Waals surface area contributed by atoms with Crippen LogP contribution in [-0.2, 0) is 28.6 Å². The van der Waals surface area contributed by atoms with Crippen LogP contribution in [0.5, 0.6) is 0 Å². The molecule has 2 unspecified atom stereocenters. The first-order valence-electron chi connectivity index (χ1n) is 23.0. The standard InChI is InChI=1S/C50H85NO7/c1-6-8-10-12-14-16-18-20-21-22-23-24-25-26-27-29-30-32-34-36-38-40-48(52)57-45-46(44-56-43-42-47(50(54)55)51(3,4)5)58-49(53)41-39-37-35-33-31-28-19-17-15-13-11-9-7-2/h8-11,13-17,19,28,31,46-47H,6-7,12,18,20-27,29-30,32-45H2,1-5H3/p+1/b10-8+,11-9+,15-13+,16-14+,19-17+,31-28+. The number of carbonyl (C=O) groups is 3. The first kappa shape index (κ1) is 54.8. The molecule has 0 rings (SSSR count). The van der Waals surface area contributed by atoms with E-state index in [4.69, 9.17) is 14.2 Å². The van der Waals surface area contributed by atoms with Gasteiger partial charge in [-0.3, -0.25) is 9.59 Å². The number of carbonyl (C=O) groups excluding carboxylic acids is 2. The summed E-state index contributed by atoms with van der Waals surface area (Å²) in [6.07, 6.45) is 51.0. The highest BCUT2D eigenvalue weighted by Gasteiger charge is 2.31. The predicted octanol–water partition coefficient (Wildman–Crippen LogP) is 12.7. The fourth-order valence-corrected chi connectivity index (χ4v) is 6.43. The molecule has 0 aromatic carbocycles. The van der Waals surface area contributed by atoms with E-state index in [0.29, 0.717) is 19.3 Å². The van der Waals surface area contributed by atoms with Crippen LogP contribution < -0.4 is 0 Å². The Bertz CT molecular complexity index is 1180. The molecule has 0 fully saturated rings. The van der Waals surface area contributed by atoms with Crippen molar-refractivity contribution in [2.45, 2.75) is 187 Å². The van der Waals surface area contributed by atoms with Crippen LogP contribution in [0, 0.1) is 0 Å². The van der Waals surface area contributed by atoms with Crippen molar-refractivity contribution < 1.29 is 38.2 Å². The molecule has 0 radical (unpaired) electrons. The number of allylic oxidation sites excluding steroid dienone is 12. The van der Waals surface area contributed by atoms with Crippen LogP contribution in [-0.4, -0.2) is 80.6 Å². The third kappa shape index (κ3) is 38.3. The SMILES string of the molecule is CC/C=C/C=C/C=C/C=C/CCCCCC(=O)OC(COCCC(C(=O)O)[N+](C)(C)C)COC(=O)CCCCCCCCCCCCCCCC/C=C/C/C=C/CC. The van der Waals surface area contributed by atoms with Crippen molar-refractivity contribution in [2.24, 2.45) is 0 Å². The van der Waals surface area contributed by atoms with Gasteiger partial charge in [-0.15, -0.1) is 0 Å². The summed E-state index contributed by atoms with van der Waals surface area (Å²) < 4.78 is 17.2. The smallest absolute Gasteiger partial charge is 0.362 e. The zero-order chi connectivity index (χ0) is 42.8. The van der Waals surface area contributed by atoms with E-state index in [-0.39, 0.29) is 42.7 Å². The Labute approximate surface area is 355 Å². The lowest BCUT2D eigenvalue weighted by atomic mass is 10.0. The Kier molecular flexibility index (Phi) is 38.3. The van der Waals surface area contributed by atoms with Gasteiger partial charge in [0.25, 0.3) is 0 Å². The number of quaternary nitrogens is 1. The average molecular weight is 813 g/mol. The quantitative estimate of drug-likeness (QED) is 0.0216. The van der Waals surface area contributed by atoms with Crippen LogP contribution in [0.1, 0.15) is 174 Å². The minimum Gasteiger partial charge on any atom is -0.477 e. The molecule has 8 heteroatoms. The van der Waals surface area contributed by atoms with Gasteiger partial charge in [0.1, 0.15) is 6.61 Å². The zero-order valence-electron chi connectivity index (χ0n) is 37.7. The molecule has 58 heavy (non-hydrogen) atoms. The van der Waals surface area contributed by atoms with E-state index in [1.54, 1.807) is 0 Å². The highest BCUT2D eigenvalue weighted by molar-refractivity contribution is 5.72. The number of carboxylic acids is 1. The van der Waals surface area contributed by atoms with Crippen molar-refractivity contribution in [2.75, 3.05) is 41.0 Å².